The number of carbonyl (C=O) groups excluding carboxylic acids is 1. The van der Waals surface area contributed by atoms with Crippen LogP contribution in [0.5, 0.6) is 0 Å². The predicted octanol–water partition coefficient (Wildman–Crippen LogP) is 3.58. The van der Waals surface area contributed by atoms with Crippen molar-refractivity contribution in [1.82, 2.24) is 10.6 Å². The Balaban J connectivity index is 1.35. The largest absolute Gasteiger partial charge is 0.349 e. The molecule has 4 rings (SSSR count). The highest BCUT2D eigenvalue weighted by atomic mass is 32.1. The van der Waals surface area contributed by atoms with Crippen LogP contribution in [-0.2, 0) is 0 Å². The van der Waals surface area contributed by atoms with Crippen LogP contribution in [-0.4, -0.2) is 24.5 Å². The third kappa shape index (κ3) is 3.23. The van der Waals surface area contributed by atoms with Gasteiger partial charge in [-0.15, -0.1) is 11.3 Å². The molecule has 0 spiro atoms. The van der Waals surface area contributed by atoms with Crippen LogP contribution in [0.3, 0.4) is 0 Å². The Morgan fingerprint density at radius 3 is 2.77 bits per heavy atom. The van der Waals surface area contributed by atoms with Crippen molar-refractivity contribution in [1.29, 1.82) is 0 Å². The number of hydrogen-bond acceptors (Lipinski definition) is 3. The molecule has 1 aromatic heterocycles. The van der Waals surface area contributed by atoms with E-state index in [0.29, 0.717) is 18.0 Å². The van der Waals surface area contributed by atoms with Crippen LogP contribution in [0.25, 0.3) is 0 Å². The summed E-state index contributed by atoms with van der Waals surface area (Å²) in [4.78, 5) is 14.6. The number of hydrogen-bond donors (Lipinski definition) is 2. The summed E-state index contributed by atoms with van der Waals surface area (Å²) in [6.45, 7) is 3.36. The second-order valence-corrected chi connectivity index (χ2v) is 8.63. The van der Waals surface area contributed by atoms with E-state index in [1.165, 1.54) is 49.1 Å². The van der Waals surface area contributed by atoms with Crippen LogP contribution in [0.1, 0.15) is 71.0 Å². The van der Waals surface area contributed by atoms with Gasteiger partial charge in [0.15, 0.2) is 0 Å². The highest BCUT2D eigenvalue weighted by molar-refractivity contribution is 7.14. The Labute approximate surface area is 136 Å². The van der Waals surface area contributed by atoms with E-state index in [0.717, 1.165) is 23.6 Å². The molecule has 3 nitrogen and oxygen atoms in total. The topological polar surface area (TPSA) is 41.1 Å². The van der Waals surface area contributed by atoms with Crippen LogP contribution in [0.15, 0.2) is 6.07 Å². The van der Waals surface area contributed by atoms with E-state index in [9.17, 15) is 4.79 Å². The van der Waals surface area contributed by atoms with Crippen molar-refractivity contribution in [2.24, 2.45) is 5.92 Å². The Bertz CT molecular complexity index is 557. The maximum Gasteiger partial charge on any atom is 0.261 e. The van der Waals surface area contributed by atoms with Gasteiger partial charge in [-0.2, -0.15) is 0 Å². The van der Waals surface area contributed by atoms with Gasteiger partial charge in [-0.05, 0) is 63.1 Å². The van der Waals surface area contributed by atoms with Crippen LogP contribution in [0.4, 0.5) is 0 Å². The fourth-order valence-electron chi connectivity index (χ4n) is 3.71. The molecule has 0 aromatic carbocycles. The van der Waals surface area contributed by atoms with Crippen molar-refractivity contribution < 1.29 is 4.79 Å². The first-order chi connectivity index (χ1) is 10.7. The molecule has 0 bridgehead atoms. The first-order valence-corrected chi connectivity index (χ1v) is 9.67. The molecule has 3 aliphatic rings. The number of nitrogens with one attached hydrogen (secondary N) is 2. The number of aryl methyl sites for hydroxylation is 1. The minimum atomic E-state index is 0.148. The molecule has 3 aliphatic carbocycles. The summed E-state index contributed by atoms with van der Waals surface area (Å²) in [5.74, 6) is 1.73. The van der Waals surface area contributed by atoms with Crippen molar-refractivity contribution in [3.8, 4) is 0 Å². The molecule has 2 unspecified atom stereocenters. The molecule has 120 valence electrons. The second kappa shape index (κ2) is 5.97. The Hall–Kier alpha value is -0.870. The maximum absolute atomic E-state index is 12.4. The van der Waals surface area contributed by atoms with Gasteiger partial charge in [0.2, 0.25) is 0 Å². The standard InChI is InChI=1S/C18H26N2OS/c1-11-14(15-8-16(15)19-10-12-6-7-12)9-17(22-11)18(21)20-13-4-2-3-5-13/h9,12-13,15-16,19H,2-8,10H2,1H3,(H,20,21). The van der Waals surface area contributed by atoms with Crippen LogP contribution < -0.4 is 10.6 Å². The minimum absolute atomic E-state index is 0.148. The zero-order valence-corrected chi connectivity index (χ0v) is 14.2. The van der Waals surface area contributed by atoms with E-state index in [1.807, 2.05) is 0 Å². The first-order valence-electron chi connectivity index (χ1n) is 8.85. The number of amides is 1. The molecule has 2 atom stereocenters. The summed E-state index contributed by atoms with van der Waals surface area (Å²) in [5.41, 5.74) is 1.41. The third-order valence-electron chi connectivity index (χ3n) is 5.43. The van der Waals surface area contributed by atoms with E-state index in [4.69, 9.17) is 0 Å². The maximum atomic E-state index is 12.4. The first kappa shape index (κ1) is 14.7. The number of thiophene rings is 1. The summed E-state index contributed by atoms with van der Waals surface area (Å²) in [6.07, 6.45) is 8.89. The fraction of sp³-hybridized carbons (Fsp3) is 0.722. The predicted molar refractivity (Wildman–Crippen MR) is 90.7 cm³/mol. The molecular formula is C18H26N2OS. The van der Waals surface area contributed by atoms with Crippen molar-refractivity contribution in [2.75, 3.05) is 6.54 Å². The number of carbonyl (C=O) groups is 1. The molecular weight excluding hydrogens is 292 g/mol. The smallest absolute Gasteiger partial charge is 0.261 e. The second-order valence-electron chi connectivity index (χ2n) is 7.38. The summed E-state index contributed by atoms with van der Waals surface area (Å²) >= 11 is 1.67. The average Bonchev–Trinajstić information content (AvgIpc) is 3.38. The normalized spacial score (nSPS) is 28.0. The SMILES string of the molecule is Cc1sc(C(=O)NC2CCCC2)cc1C1CC1NCC1CC1. The highest BCUT2D eigenvalue weighted by Crippen LogP contribution is 2.45. The van der Waals surface area contributed by atoms with Crippen molar-refractivity contribution in [3.05, 3.63) is 21.4 Å². The summed E-state index contributed by atoms with van der Waals surface area (Å²) in [7, 11) is 0. The average molecular weight is 318 g/mol. The monoisotopic (exact) mass is 318 g/mol. The van der Waals surface area contributed by atoms with Gasteiger partial charge in [0.1, 0.15) is 0 Å². The van der Waals surface area contributed by atoms with E-state index >= 15 is 0 Å². The Morgan fingerprint density at radius 1 is 1.27 bits per heavy atom. The Morgan fingerprint density at radius 2 is 2.05 bits per heavy atom. The lowest BCUT2D eigenvalue weighted by atomic mass is 10.1. The molecule has 0 aliphatic heterocycles. The molecule has 4 heteroatoms. The van der Waals surface area contributed by atoms with Gasteiger partial charge in [0, 0.05) is 22.9 Å². The van der Waals surface area contributed by atoms with E-state index in [2.05, 4.69) is 23.6 Å². The zero-order chi connectivity index (χ0) is 15.1. The molecule has 2 N–H and O–H groups in total. The van der Waals surface area contributed by atoms with Gasteiger partial charge in [-0.1, -0.05) is 12.8 Å². The molecule has 1 heterocycles. The zero-order valence-electron chi connectivity index (χ0n) is 13.4. The molecule has 1 amide bonds. The Kier molecular flexibility index (Phi) is 3.99. The van der Waals surface area contributed by atoms with E-state index in [-0.39, 0.29) is 5.91 Å². The fourth-order valence-corrected chi connectivity index (χ4v) is 4.70. The van der Waals surface area contributed by atoms with Gasteiger partial charge in [0.25, 0.3) is 5.91 Å². The van der Waals surface area contributed by atoms with Crippen molar-refractivity contribution in [3.63, 3.8) is 0 Å². The van der Waals surface area contributed by atoms with Gasteiger partial charge in [0.05, 0.1) is 4.88 Å². The molecule has 1 aromatic rings. The van der Waals surface area contributed by atoms with Gasteiger partial charge in [-0.25, -0.2) is 0 Å². The van der Waals surface area contributed by atoms with Crippen molar-refractivity contribution in [2.45, 2.75) is 69.9 Å². The van der Waals surface area contributed by atoms with Gasteiger partial charge in [-0.3, -0.25) is 4.79 Å². The van der Waals surface area contributed by atoms with Gasteiger partial charge < -0.3 is 10.6 Å². The summed E-state index contributed by atoms with van der Waals surface area (Å²) < 4.78 is 0. The molecule has 22 heavy (non-hydrogen) atoms. The van der Waals surface area contributed by atoms with Gasteiger partial charge >= 0.3 is 0 Å². The summed E-state index contributed by atoms with van der Waals surface area (Å²) in [6, 6.07) is 3.22. The molecule has 3 fully saturated rings. The minimum Gasteiger partial charge on any atom is -0.349 e. The van der Waals surface area contributed by atoms with E-state index in [1.54, 1.807) is 11.3 Å². The lowest BCUT2D eigenvalue weighted by Crippen LogP contribution is -2.31. The van der Waals surface area contributed by atoms with Crippen molar-refractivity contribution >= 4 is 17.2 Å². The van der Waals surface area contributed by atoms with Crippen LogP contribution in [0.2, 0.25) is 0 Å². The van der Waals surface area contributed by atoms with Crippen LogP contribution >= 0.6 is 11.3 Å². The molecule has 0 radical (unpaired) electrons. The quantitative estimate of drug-likeness (QED) is 0.841. The number of rotatable bonds is 6. The molecule has 3 saturated carbocycles. The molecule has 0 saturated heterocycles. The lowest BCUT2D eigenvalue weighted by Gasteiger charge is -2.10. The lowest BCUT2D eigenvalue weighted by molar-refractivity contribution is 0.0942. The highest BCUT2D eigenvalue weighted by Gasteiger charge is 2.40. The summed E-state index contributed by atoms with van der Waals surface area (Å²) in [5, 5.41) is 6.91. The third-order valence-corrected chi connectivity index (χ3v) is 6.49. The van der Waals surface area contributed by atoms with E-state index < -0.39 is 0 Å². The van der Waals surface area contributed by atoms with Crippen LogP contribution in [0, 0.1) is 12.8 Å².